The third-order valence-electron chi connectivity index (χ3n) is 3.84. The molecule has 2 atom stereocenters. The highest BCUT2D eigenvalue weighted by atomic mass is 16.1. The molecule has 0 aliphatic carbocycles. The minimum Gasteiger partial charge on any atom is -0.350 e. The maximum Gasteiger partial charge on any atom is 0.220 e. The molecule has 3 heteroatoms. The summed E-state index contributed by atoms with van der Waals surface area (Å²) in [4.78, 5) is 23.2. The first-order valence-electron chi connectivity index (χ1n) is 7.74. The molecule has 2 aromatic rings. The van der Waals surface area contributed by atoms with Gasteiger partial charge in [0.2, 0.25) is 5.91 Å². The van der Waals surface area contributed by atoms with Crippen LogP contribution in [0.4, 0.5) is 0 Å². The molecule has 2 aromatic carbocycles. The molecule has 1 N–H and O–H groups in total. The predicted molar refractivity (Wildman–Crippen MR) is 89.6 cm³/mol. The fraction of sp³-hybridized carbons (Fsp3) is 0.368. The topological polar surface area (TPSA) is 46.2 Å². The second-order valence-corrected chi connectivity index (χ2v) is 6.07. The Kier molecular flexibility index (Phi) is 5.31. The molecule has 116 valence electrons. The van der Waals surface area contributed by atoms with Crippen molar-refractivity contribution in [1.82, 2.24) is 5.32 Å². The van der Waals surface area contributed by atoms with Crippen LogP contribution in [-0.2, 0) is 9.59 Å². The molecule has 0 saturated heterocycles. The fourth-order valence-electron chi connectivity index (χ4n) is 2.89. The van der Waals surface area contributed by atoms with Gasteiger partial charge in [0.25, 0.3) is 0 Å². The SMILES string of the molecule is CC(=O)C[C@H](C)CC(=O)N[C@H](C)c1cccc2ccccc12. The summed E-state index contributed by atoms with van der Waals surface area (Å²) < 4.78 is 0. The van der Waals surface area contributed by atoms with Gasteiger partial charge in [-0.1, -0.05) is 49.4 Å². The summed E-state index contributed by atoms with van der Waals surface area (Å²) in [5.74, 6) is 0.203. The first kappa shape index (κ1) is 16.2. The van der Waals surface area contributed by atoms with E-state index in [9.17, 15) is 9.59 Å². The largest absolute Gasteiger partial charge is 0.350 e. The van der Waals surface area contributed by atoms with Crippen molar-refractivity contribution in [3.63, 3.8) is 0 Å². The lowest BCUT2D eigenvalue weighted by Gasteiger charge is -2.18. The molecular weight excluding hydrogens is 274 g/mol. The van der Waals surface area contributed by atoms with Crippen molar-refractivity contribution in [2.45, 2.75) is 39.7 Å². The normalized spacial score (nSPS) is 13.6. The van der Waals surface area contributed by atoms with Gasteiger partial charge in [-0.2, -0.15) is 0 Å². The Morgan fingerprint density at radius 1 is 1.00 bits per heavy atom. The number of nitrogens with one attached hydrogen (secondary N) is 1. The maximum absolute atomic E-state index is 12.1. The standard InChI is InChI=1S/C19H23NO2/c1-13(11-14(2)21)12-19(22)20-15(3)17-10-6-8-16-7-4-5-9-18(16)17/h4-10,13,15H,11-12H2,1-3H3,(H,20,22)/t13-,15+/m0/s1. The number of fused-ring (bicyclic) bond motifs is 1. The zero-order valence-corrected chi connectivity index (χ0v) is 13.4. The Morgan fingerprint density at radius 3 is 2.41 bits per heavy atom. The molecule has 22 heavy (non-hydrogen) atoms. The fourth-order valence-corrected chi connectivity index (χ4v) is 2.89. The zero-order chi connectivity index (χ0) is 16.1. The molecule has 0 spiro atoms. The predicted octanol–water partition coefficient (Wildman–Crippen LogP) is 4.02. The average Bonchev–Trinajstić information content (AvgIpc) is 2.45. The lowest BCUT2D eigenvalue weighted by Crippen LogP contribution is -2.28. The highest BCUT2D eigenvalue weighted by molar-refractivity contribution is 5.87. The van der Waals surface area contributed by atoms with Crippen LogP contribution >= 0.6 is 0 Å². The summed E-state index contributed by atoms with van der Waals surface area (Å²) in [6.07, 6.45) is 0.838. The van der Waals surface area contributed by atoms with Gasteiger partial charge in [0.1, 0.15) is 5.78 Å². The third-order valence-corrected chi connectivity index (χ3v) is 3.84. The van der Waals surface area contributed by atoms with E-state index in [0.29, 0.717) is 12.8 Å². The van der Waals surface area contributed by atoms with Crippen LogP contribution in [0.5, 0.6) is 0 Å². The second-order valence-electron chi connectivity index (χ2n) is 6.07. The first-order valence-corrected chi connectivity index (χ1v) is 7.74. The Morgan fingerprint density at radius 2 is 1.68 bits per heavy atom. The number of rotatable bonds is 6. The van der Waals surface area contributed by atoms with Crippen LogP contribution in [0, 0.1) is 5.92 Å². The number of ketones is 1. The number of carbonyl (C=O) groups is 2. The average molecular weight is 297 g/mol. The zero-order valence-electron chi connectivity index (χ0n) is 13.4. The monoisotopic (exact) mass is 297 g/mol. The molecule has 2 rings (SSSR count). The molecule has 0 bridgehead atoms. The van der Waals surface area contributed by atoms with Crippen molar-refractivity contribution in [2.24, 2.45) is 5.92 Å². The Bertz CT molecular complexity index is 673. The van der Waals surface area contributed by atoms with Crippen LogP contribution in [0.2, 0.25) is 0 Å². The van der Waals surface area contributed by atoms with Gasteiger partial charge in [-0.15, -0.1) is 0 Å². The molecule has 3 nitrogen and oxygen atoms in total. The summed E-state index contributed by atoms with van der Waals surface area (Å²) in [6.45, 7) is 5.49. The maximum atomic E-state index is 12.1. The van der Waals surface area contributed by atoms with E-state index < -0.39 is 0 Å². The molecule has 0 saturated carbocycles. The Hall–Kier alpha value is -2.16. The van der Waals surface area contributed by atoms with Crippen LogP contribution in [0.15, 0.2) is 42.5 Å². The summed E-state index contributed by atoms with van der Waals surface area (Å²) in [6, 6.07) is 14.2. The van der Waals surface area contributed by atoms with Gasteiger partial charge >= 0.3 is 0 Å². The highest BCUT2D eigenvalue weighted by Gasteiger charge is 2.15. The molecule has 0 radical (unpaired) electrons. The molecule has 0 aromatic heterocycles. The molecule has 0 fully saturated rings. The molecule has 0 heterocycles. The molecule has 0 unspecified atom stereocenters. The minimum absolute atomic E-state index is 0.00539. The van der Waals surface area contributed by atoms with Crippen molar-refractivity contribution in [3.8, 4) is 0 Å². The van der Waals surface area contributed by atoms with E-state index in [1.807, 2.05) is 38.1 Å². The smallest absolute Gasteiger partial charge is 0.220 e. The van der Waals surface area contributed by atoms with Crippen LogP contribution in [0.3, 0.4) is 0 Å². The van der Waals surface area contributed by atoms with Crippen LogP contribution in [0.1, 0.15) is 45.2 Å². The lowest BCUT2D eigenvalue weighted by atomic mass is 9.98. The number of Topliss-reactive ketones (excluding diaryl/α,β-unsaturated/α-hetero) is 1. The van der Waals surface area contributed by atoms with E-state index in [-0.39, 0.29) is 23.7 Å². The quantitative estimate of drug-likeness (QED) is 0.875. The number of hydrogen-bond donors (Lipinski definition) is 1. The summed E-state index contributed by atoms with van der Waals surface area (Å²) in [5, 5.41) is 5.38. The van der Waals surface area contributed by atoms with Gasteiger partial charge in [-0.25, -0.2) is 0 Å². The van der Waals surface area contributed by atoms with Gasteiger partial charge in [0, 0.05) is 12.8 Å². The van der Waals surface area contributed by atoms with Crippen molar-refractivity contribution < 1.29 is 9.59 Å². The van der Waals surface area contributed by atoms with Gasteiger partial charge in [0.15, 0.2) is 0 Å². The van der Waals surface area contributed by atoms with Crippen LogP contribution in [-0.4, -0.2) is 11.7 Å². The number of hydrogen-bond acceptors (Lipinski definition) is 2. The molecule has 1 amide bonds. The van der Waals surface area contributed by atoms with E-state index in [4.69, 9.17) is 0 Å². The number of amides is 1. The van der Waals surface area contributed by atoms with Crippen molar-refractivity contribution in [3.05, 3.63) is 48.0 Å². The molecular formula is C19H23NO2. The van der Waals surface area contributed by atoms with E-state index in [1.165, 1.54) is 5.39 Å². The van der Waals surface area contributed by atoms with Crippen LogP contribution in [0.25, 0.3) is 10.8 Å². The summed E-state index contributed by atoms with van der Waals surface area (Å²) >= 11 is 0. The van der Waals surface area contributed by atoms with E-state index in [0.717, 1.165) is 10.9 Å². The molecule has 0 aliphatic heterocycles. The van der Waals surface area contributed by atoms with Crippen LogP contribution < -0.4 is 5.32 Å². The summed E-state index contributed by atoms with van der Waals surface area (Å²) in [7, 11) is 0. The van der Waals surface area contributed by atoms with Gasteiger partial charge in [-0.05, 0) is 36.1 Å². The number of benzene rings is 2. The van der Waals surface area contributed by atoms with Crippen molar-refractivity contribution in [1.29, 1.82) is 0 Å². The third kappa shape index (κ3) is 4.17. The van der Waals surface area contributed by atoms with E-state index >= 15 is 0 Å². The summed E-state index contributed by atoms with van der Waals surface area (Å²) in [5.41, 5.74) is 1.12. The Balaban J connectivity index is 2.06. The Labute approximate surface area is 131 Å². The van der Waals surface area contributed by atoms with Gasteiger partial charge in [0.05, 0.1) is 6.04 Å². The lowest BCUT2D eigenvalue weighted by molar-refractivity contribution is -0.123. The van der Waals surface area contributed by atoms with Gasteiger partial charge < -0.3 is 10.1 Å². The highest BCUT2D eigenvalue weighted by Crippen LogP contribution is 2.24. The first-order chi connectivity index (χ1) is 10.5. The van der Waals surface area contributed by atoms with E-state index in [1.54, 1.807) is 6.92 Å². The second kappa shape index (κ2) is 7.21. The minimum atomic E-state index is -0.0527. The molecule has 0 aliphatic rings. The van der Waals surface area contributed by atoms with Crippen molar-refractivity contribution in [2.75, 3.05) is 0 Å². The van der Waals surface area contributed by atoms with E-state index in [2.05, 4.69) is 23.5 Å². The number of carbonyl (C=O) groups excluding carboxylic acids is 2. The van der Waals surface area contributed by atoms with Crippen molar-refractivity contribution >= 4 is 22.5 Å². The van der Waals surface area contributed by atoms with Gasteiger partial charge in [-0.3, -0.25) is 4.79 Å².